The van der Waals surface area contributed by atoms with Crippen LogP contribution >= 0.6 is 0 Å². The molecule has 10 fully saturated rings. The zero-order valence-corrected chi connectivity index (χ0v) is 67.1. The smallest absolute Gasteiger partial charge is 1.00 e. The number of esters is 6. The van der Waals surface area contributed by atoms with Crippen LogP contribution in [0.2, 0.25) is 0 Å². The van der Waals surface area contributed by atoms with Gasteiger partial charge in [0.2, 0.25) is 23.6 Å². The van der Waals surface area contributed by atoms with Gasteiger partial charge in [-0.1, -0.05) is 6.08 Å². The molecule has 10 saturated heterocycles. The molecule has 0 aliphatic carbocycles. The molecular weight excluding hydrogens is 1400 g/mol. The molecule has 0 saturated carbocycles. The van der Waals surface area contributed by atoms with Gasteiger partial charge in [-0.05, 0) is 150 Å². The number of nitrogens with zero attached hydrogens (tertiary/aromatic N) is 3. The van der Waals surface area contributed by atoms with Crippen LogP contribution in [0.4, 0.5) is 0 Å². The Bertz CT molecular complexity index is 2900. The quantitative estimate of drug-likeness (QED) is 0.0133. The summed E-state index contributed by atoms with van der Waals surface area (Å²) in [5.74, 6) is -3.12. The molecule has 10 aliphatic rings. The molecule has 0 bridgehead atoms. The molecule has 7 N–H and O–H groups in total. The number of carbonyl (C=O) groups is 12. The second-order valence-electron chi connectivity index (χ2n) is 25.0. The zero-order valence-electron chi connectivity index (χ0n) is 63.3. The van der Waals surface area contributed by atoms with E-state index in [1.54, 1.807) is 45.6 Å². The maximum absolute atomic E-state index is 11.9. The van der Waals surface area contributed by atoms with Crippen molar-refractivity contribution in [1.82, 2.24) is 30.7 Å². The van der Waals surface area contributed by atoms with Crippen molar-refractivity contribution >= 4 is 81.4 Å². The van der Waals surface area contributed by atoms with Crippen LogP contribution < -0.4 is 80.2 Å². The van der Waals surface area contributed by atoms with E-state index in [2.05, 4.69) is 26.7 Å². The molecule has 0 radical (unpaired) electrons. The van der Waals surface area contributed by atoms with Gasteiger partial charge in [0, 0.05) is 85.1 Å². The first kappa shape index (κ1) is 98.0. The Hall–Kier alpha value is -4.95. The van der Waals surface area contributed by atoms with Gasteiger partial charge < -0.3 is 90.8 Å². The molecule has 10 rings (SSSR count). The second kappa shape index (κ2) is 48.4. The van der Waals surface area contributed by atoms with Crippen LogP contribution in [0.15, 0.2) is 12.7 Å². The molecule has 580 valence electrons. The third-order valence-corrected chi connectivity index (χ3v) is 19.0. The molecular formula is C67H112N6Na2O27S. The van der Waals surface area contributed by atoms with Crippen LogP contribution in [0.3, 0.4) is 0 Å². The number of allylic oxidation sites excluding steroid dienone is 1. The molecule has 0 unspecified atom stereocenters. The summed E-state index contributed by atoms with van der Waals surface area (Å²) in [5, 5.41) is 50.9. The first-order valence-electron chi connectivity index (χ1n) is 34.7. The minimum atomic E-state index is -3.48. The summed E-state index contributed by atoms with van der Waals surface area (Å²) in [7, 11) is -0.426. The first-order chi connectivity index (χ1) is 48.0. The number of methoxy groups -OCH3 is 1. The average molecular weight is 1510 g/mol. The Balaban J connectivity index is 0. The van der Waals surface area contributed by atoms with E-state index in [1.807, 2.05) is 0 Å². The van der Waals surface area contributed by atoms with E-state index >= 15 is 0 Å². The Kier molecular flexibility index (Phi) is 46.0. The number of hydrogen-bond donors (Lipinski definition) is 7. The molecule has 8 atom stereocenters. The number of nitrogens with one attached hydrogen (secondary N) is 3. The van der Waals surface area contributed by atoms with Crippen molar-refractivity contribution in [2.75, 3.05) is 107 Å². The number of aliphatic hydroxyl groups excluding tert-OH is 4. The number of ether oxygens (including phenoxy) is 7. The van der Waals surface area contributed by atoms with E-state index in [0.717, 1.165) is 65.9 Å². The molecule has 36 heteroatoms. The number of rotatable bonds is 22. The second-order valence-corrected chi connectivity index (χ2v) is 26.6. The molecule has 0 aromatic rings. The summed E-state index contributed by atoms with van der Waals surface area (Å²) in [6.07, 6.45) is 14.4. The summed E-state index contributed by atoms with van der Waals surface area (Å²) >= 11 is 0. The van der Waals surface area contributed by atoms with Gasteiger partial charge in [-0.2, -0.15) is 15.5 Å². The normalized spacial score (nSPS) is 26.9. The Morgan fingerprint density at radius 3 is 1.25 bits per heavy atom. The van der Waals surface area contributed by atoms with Crippen LogP contribution in [0.1, 0.15) is 190 Å². The van der Waals surface area contributed by atoms with Crippen molar-refractivity contribution in [2.24, 2.45) is 0 Å². The van der Waals surface area contributed by atoms with Gasteiger partial charge in [0.05, 0.1) is 53.0 Å². The van der Waals surface area contributed by atoms with Crippen molar-refractivity contribution in [3.63, 3.8) is 0 Å². The fourth-order valence-electron chi connectivity index (χ4n) is 13.7. The molecule has 10 aliphatic heterocycles. The van der Waals surface area contributed by atoms with Gasteiger partial charge in [0.1, 0.15) is 45.4 Å². The number of amides is 6. The van der Waals surface area contributed by atoms with E-state index in [0.29, 0.717) is 136 Å². The molecule has 6 amide bonds. The minimum absolute atomic E-state index is 0. The van der Waals surface area contributed by atoms with Crippen LogP contribution in [0.5, 0.6) is 0 Å². The Morgan fingerprint density at radius 2 is 0.913 bits per heavy atom. The topological polar surface area (TPSA) is 463 Å². The Morgan fingerprint density at radius 1 is 0.553 bits per heavy atom. The number of fused-ring (bicyclic) bond motifs is 3. The first-order valence-corrected chi connectivity index (χ1v) is 36.5. The van der Waals surface area contributed by atoms with Gasteiger partial charge in [-0.15, -0.1) is 6.58 Å². The predicted molar refractivity (Wildman–Crippen MR) is 358 cm³/mol. The molecule has 0 spiro atoms. The van der Waals surface area contributed by atoms with Crippen LogP contribution in [-0.2, 0) is 105 Å². The molecule has 0 aromatic carbocycles. The van der Waals surface area contributed by atoms with E-state index in [4.69, 9.17) is 48.5 Å². The van der Waals surface area contributed by atoms with Crippen LogP contribution in [0.25, 0.3) is 0 Å². The fraction of sp³-hybridized carbons (Fsp3) is 0.791. The average Bonchev–Trinajstić information content (AvgIpc) is 1.60. The Labute approximate surface area is 650 Å². The van der Waals surface area contributed by atoms with Crippen molar-refractivity contribution in [3.8, 4) is 0 Å². The van der Waals surface area contributed by atoms with Gasteiger partial charge in [-0.3, -0.25) is 33.0 Å². The molecule has 10 heterocycles. The van der Waals surface area contributed by atoms with Gasteiger partial charge >= 0.3 is 94.9 Å². The summed E-state index contributed by atoms with van der Waals surface area (Å²) < 4.78 is 60.8. The maximum atomic E-state index is 11.9. The largest absolute Gasteiger partial charge is 1.00 e. The predicted octanol–water partition coefficient (Wildman–Crippen LogP) is -5.74. The van der Waals surface area contributed by atoms with Gasteiger partial charge in [0.25, 0.3) is 21.9 Å². The monoisotopic (exact) mass is 1510 g/mol. The summed E-state index contributed by atoms with van der Waals surface area (Å²) in [5.41, 5.74) is -5.06. The van der Waals surface area contributed by atoms with E-state index in [-0.39, 0.29) is 159 Å². The van der Waals surface area contributed by atoms with Crippen LogP contribution in [-0.4, -0.2) is 267 Å². The van der Waals surface area contributed by atoms with E-state index in [9.17, 15) is 76.2 Å². The van der Waals surface area contributed by atoms with Crippen molar-refractivity contribution < 1.29 is 189 Å². The summed E-state index contributed by atoms with van der Waals surface area (Å²) in [6, 6.07) is 0. The van der Waals surface area contributed by atoms with Crippen molar-refractivity contribution in [3.05, 3.63) is 12.7 Å². The number of hydrogen-bond acceptors (Lipinski definition) is 27. The molecule has 33 nitrogen and oxygen atoms in total. The number of aliphatic hydroxyl groups is 4. The minimum Gasteiger partial charge on any atom is -1.00 e. The van der Waals surface area contributed by atoms with Crippen molar-refractivity contribution in [2.45, 2.75) is 234 Å². The third kappa shape index (κ3) is 27.0. The summed E-state index contributed by atoms with van der Waals surface area (Å²) in [6.45, 7) is 17.7. The van der Waals surface area contributed by atoms with Gasteiger partial charge in [0.15, 0.2) is 0 Å². The van der Waals surface area contributed by atoms with Crippen LogP contribution in [0, 0.1) is 0 Å². The fourth-order valence-corrected chi connectivity index (χ4v) is 14.1. The standard InChI is InChI=1S/C11H19NO6S.C11H17NO3.C10H15NO4.C10H17NO4.C10H15NO3.C9H13NO4.C4H8O.CH4O.CH3O.2Na.H/c1-3-17-10(14)11(7-5-9(13)12-11)6-4-8-18-19(2,15)16;1-3-5-7-11(10(14)15-4-2)8-6-9(13)12-11;1-2-15-9(14)10-4-3-5-11(10)8(13)7(12)6-10;1-2-15-9(14)10(5-3-7-12)6-4-8(13)11-10;1-2-14-9(13)10-5-3-7-11(10)8(12)4-6-10;1-14-8(13)9-3-2-4-10(9)7(12)6(11)5-9;1-2-4-5-3-1;2*1-2;;;/h3-8H2,1-2H3,(H,12,13);3H,1,4-8H2,2H3,(H,12,13);7,12H,2-6H2,1H3;12H,2-7H2,1H3,(H,11,13);2-7H2,1H3;6,11H,2-5H2,1H3;1-4H2;2H,1H3;1H3;;;/q;;;;;;;;-1;2*+1;-1/t2*11-;7-,10+;2*10-;6-,9+;;;;;;/m001001....../s1. The zero-order chi connectivity index (χ0) is 76.3. The molecule has 103 heavy (non-hydrogen) atoms. The van der Waals surface area contributed by atoms with Crippen molar-refractivity contribution in [1.29, 1.82) is 0 Å². The number of carbonyl (C=O) groups excluding carboxylic acids is 12. The third-order valence-electron chi connectivity index (χ3n) is 18.4. The van der Waals surface area contributed by atoms with Gasteiger partial charge in [-0.25, -0.2) is 28.8 Å². The SMILES string of the molecule is C1CCOC1.C=CCC[C@@]1(C(=O)OCC)CCC(=O)N1.CCOC(=O)[C@@]12CCCN1C(=O)CC2.CCOC(=O)[C@@]12CCCN1C(=O)[C@H](O)C2.CCOC(=O)[C@]1(CCCO)CCC(=O)N1.CCOC(=O)[C@]1(CCCOS(C)(=O)=O)CCC(=O)N1.CO.COC(=O)[C@@]12CCCN1C(=O)[C@H](O)C2.C[O-].[H-].[Na+].[Na+]. The van der Waals surface area contributed by atoms with E-state index < -0.39 is 67.5 Å². The maximum Gasteiger partial charge on any atom is 1.00 e. The summed E-state index contributed by atoms with van der Waals surface area (Å²) in [4.78, 5) is 143. The van der Waals surface area contributed by atoms with E-state index in [1.165, 1.54) is 29.8 Å². The molecule has 0 aromatic heterocycles.